The third-order valence-electron chi connectivity index (χ3n) is 3.77. The molecule has 0 spiro atoms. The lowest BCUT2D eigenvalue weighted by Crippen LogP contribution is -2.28. The van der Waals surface area contributed by atoms with Gasteiger partial charge in [-0.1, -0.05) is 27.7 Å². The van der Waals surface area contributed by atoms with Gasteiger partial charge in [0, 0.05) is 42.1 Å². The molecule has 4 nitrogen and oxygen atoms in total. The van der Waals surface area contributed by atoms with E-state index in [1.807, 2.05) is 0 Å². The van der Waals surface area contributed by atoms with Gasteiger partial charge in [-0.2, -0.15) is 11.8 Å². The van der Waals surface area contributed by atoms with Crippen LogP contribution in [-0.2, 0) is 0 Å². The lowest BCUT2D eigenvalue weighted by atomic mass is 10.1. The van der Waals surface area contributed by atoms with Crippen LogP contribution in [0.4, 0.5) is 11.6 Å². The summed E-state index contributed by atoms with van der Waals surface area (Å²) in [7, 11) is 0. The maximum Gasteiger partial charge on any atom is 0.135 e. The first-order chi connectivity index (χ1) is 9.91. The summed E-state index contributed by atoms with van der Waals surface area (Å²) >= 11 is 2.06. The van der Waals surface area contributed by atoms with Gasteiger partial charge >= 0.3 is 0 Å². The predicted molar refractivity (Wildman–Crippen MR) is 93.7 cm³/mol. The number of anilines is 2. The first-order valence-corrected chi connectivity index (χ1v) is 8.91. The molecule has 0 atom stereocenters. The van der Waals surface area contributed by atoms with Crippen molar-refractivity contribution in [2.45, 2.75) is 51.7 Å². The van der Waals surface area contributed by atoms with Crippen molar-refractivity contribution < 1.29 is 0 Å². The summed E-state index contributed by atoms with van der Waals surface area (Å²) < 4.78 is 0.368. The van der Waals surface area contributed by atoms with Gasteiger partial charge in [-0.25, -0.2) is 9.97 Å². The fraction of sp³-hybridized carbons (Fsp3) is 0.750. The first-order valence-electron chi connectivity index (χ1n) is 7.93. The van der Waals surface area contributed by atoms with Crippen molar-refractivity contribution in [1.82, 2.24) is 9.97 Å². The molecular weight excluding hydrogens is 280 g/mol. The van der Waals surface area contributed by atoms with Gasteiger partial charge in [0.2, 0.25) is 0 Å². The SMILES string of the molecule is CCNc1cc(N2CCSC(C)(C)CC2)nc(C(C)C)n1. The van der Waals surface area contributed by atoms with Gasteiger partial charge in [0.15, 0.2) is 0 Å². The normalized spacial score (nSPS) is 18.7. The first kappa shape index (κ1) is 16.4. The largest absolute Gasteiger partial charge is 0.370 e. The number of rotatable bonds is 4. The second-order valence-corrected chi connectivity index (χ2v) is 8.30. The Morgan fingerprint density at radius 3 is 2.76 bits per heavy atom. The van der Waals surface area contributed by atoms with Gasteiger partial charge in [-0.3, -0.25) is 0 Å². The minimum atomic E-state index is 0.347. The summed E-state index contributed by atoms with van der Waals surface area (Å²) in [6.45, 7) is 14.1. The molecule has 0 bridgehead atoms. The van der Waals surface area contributed by atoms with Crippen LogP contribution in [0.15, 0.2) is 6.07 Å². The van der Waals surface area contributed by atoms with E-state index in [1.54, 1.807) is 0 Å². The Morgan fingerprint density at radius 1 is 1.33 bits per heavy atom. The van der Waals surface area contributed by atoms with Crippen molar-refractivity contribution in [1.29, 1.82) is 0 Å². The molecule has 0 aliphatic carbocycles. The van der Waals surface area contributed by atoms with E-state index >= 15 is 0 Å². The zero-order valence-corrected chi connectivity index (χ0v) is 14.8. The Morgan fingerprint density at radius 2 is 2.10 bits per heavy atom. The predicted octanol–water partition coefficient (Wildman–Crippen LogP) is 3.75. The molecule has 2 rings (SSSR count). The van der Waals surface area contributed by atoms with Crippen molar-refractivity contribution in [3.05, 3.63) is 11.9 Å². The maximum atomic E-state index is 4.79. The zero-order chi connectivity index (χ0) is 15.5. The molecule has 0 aromatic carbocycles. The monoisotopic (exact) mass is 308 g/mol. The smallest absolute Gasteiger partial charge is 0.135 e. The minimum Gasteiger partial charge on any atom is -0.370 e. The molecule has 1 saturated heterocycles. The Kier molecular flexibility index (Phi) is 5.36. The second-order valence-electron chi connectivity index (χ2n) is 6.50. The van der Waals surface area contributed by atoms with Gasteiger partial charge in [0.25, 0.3) is 0 Å². The van der Waals surface area contributed by atoms with Crippen LogP contribution in [0.3, 0.4) is 0 Å². The Bertz CT molecular complexity index is 473. The minimum absolute atomic E-state index is 0.347. The number of nitrogens with one attached hydrogen (secondary N) is 1. The molecule has 5 heteroatoms. The average Bonchev–Trinajstić information content (AvgIpc) is 2.59. The third-order valence-corrected chi connectivity index (χ3v) is 5.14. The van der Waals surface area contributed by atoms with Gasteiger partial charge in [-0.05, 0) is 13.3 Å². The van der Waals surface area contributed by atoms with Crippen molar-refractivity contribution >= 4 is 23.4 Å². The van der Waals surface area contributed by atoms with Crippen LogP contribution in [-0.4, -0.2) is 40.1 Å². The fourth-order valence-electron chi connectivity index (χ4n) is 2.39. The summed E-state index contributed by atoms with van der Waals surface area (Å²) in [6.07, 6.45) is 1.19. The van der Waals surface area contributed by atoms with Crippen LogP contribution in [0, 0.1) is 0 Å². The maximum absolute atomic E-state index is 4.79. The quantitative estimate of drug-likeness (QED) is 0.917. The molecule has 2 heterocycles. The van der Waals surface area contributed by atoms with Crippen LogP contribution < -0.4 is 10.2 Å². The molecule has 1 aromatic rings. The highest BCUT2D eigenvalue weighted by atomic mass is 32.2. The highest BCUT2D eigenvalue weighted by Crippen LogP contribution is 2.32. The molecule has 21 heavy (non-hydrogen) atoms. The average molecular weight is 308 g/mol. The van der Waals surface area contributed by atoms with Crippen molar-refractivity contribution in [3.8, 4) is 0 Å². The van der Waals surface area contributed by atoms with E-state index in [1.165, 1.54) is 6.42 Å². The molecule has 1 fully saturated rings. The van der Waals surface area contributed by atoms with Gasteiger partial charge < -0.3 is 10.2 Å². The van der Waals surface area contributed by atoms with E-state index in [2.05, 4.69) is 67.6 Å². The van der Waals surface area contributed by atoms with Crippen LogP contribution >= 0.6 is 11.8 Å². The highest BCUT2D eigenvalue weighted by Gasteiger charge is 2.24. The molecule has 0 saturated carbocycles. The number of thioether (sulfide) groups is 1. The van der Waals surface area contributed by atoms with Gasteiger partial charge in [-0.15, -0.1) is 0 Å². The van der Waals surface area contributed by atoms with E-state index in [0.29, 0.717) is 10.7 Å². The van der Waals surface area contributed by atoms with Gasteiger partial charge in [0.05, 0.1) is 0 Å². The Hall–Kier alpha value is -0.970. The fourth-order valence-corrected chi connectivity index (χ4v) is 3.49. The van der Waals surface area contributed by atoms with Crippen molar-refractivity contribution in [2.75, 3.05) is 35.6 Å². The van der Waals surface area contributed by atoms with Crippen LogP contribution in [0.25, 0.3) is 0 Å². The van der Waals surface area contributed by atoms with Crippen LogP contribution in [0.2, 0.25) is 0 Å². The number of hydrogen-bond donors (Lipinski definition) is 1. The molecule has 0 amide bonds. The number of hydrogen-bond acceptors (Lipinski definition) is 5. The molecular formula is C16H28N4S. The van der Waals surface area contributed by atoms with Crippen molar-refractivity contribution in [2.24, 2.45) is 0 Å². The summed E-state index contributed by atoms with van der Waals surface area (Å²) in [4.78, 5) is 11.8. The Labute approximate surface area is 133 Å². The third kappa shape index (κ3) is 4.50. The molecule has 1 aromatic heterocycles. The lowest BCUT2D eigenvalue weighted by molar-refractivity contribution is 0.633. The van der Waals surface area contributed by atoms with E-state index < -0.39 is 0 Å². The number of aromatic nitrogens is 2. The van der Waals surface area contributed by atoms with E-state index in [4.69, 9.17) is 4.98 Å². The zero-order valence-electron chi connectivity index (χ0n) is 13.9. The van der Waals surface area contributed by atoms with Crippen LogP contribution in [0.5, 0.6) is 0 Å². The topological polar surface area (TPSA) is 41.0 Å². The lowest BCUT2D eigenvalue weighted by Gasteiger charge is -2.24. The van der Waals surface area contributed by atoms with E-state index in [0.717, 1.165) is 42.8 Å². The van der Waals surface area contributed by atoms with Crippen LogP contribution in [0.1, 0.15) is 52.8 Å². The summed E-state index contributed by atoms with van der Waals surface area (Å²) in [5.74, 6) is 4.45. The molecule has 0 radical (unpaired) electrons. The standard InChI is InChI=1S/C16H28N4S/c1-6-17-13-11-14(19-15(18-13)12(2)3)20-8-7-16(4,5)21-10-9-20/h11-12H,6-10H2,1-5H3,(H,17,18,19). The molecule has 1 aliphatic rings. The highest BCUT2D eigenvalue weighted by molar-refractivity contribution is 8.00. The van der Waals surface area contributed by atoms with E-state index in [-0.39, 0.29) is 0 Å². The summed E-state index contributed by atoms with van der Waals surface area (Å²) in [5, 5.41) is 3.33. The molecule has 1 aliphatic heterocycles. The number of nitrogens with zero attached hydrogens (tertiary/aromatic N) is 3. The van der Waals surface area contributed by atoms with E-state index in [9.17, 15) is 0 Å². The Balaban J connectivity index is 2.25. The molecule has 118 valence electrons. The molecule has 0 unspecified atom stereocenters. The van der Waals surface area contributed by atoms with Gasteiger partial charge in [0.1, 0.15) is 17.5 Å². The summed E-state index contributed by atoms with van der Waals surface area (Å²) in [5.41, 5.74) is 0. The second kappa shape index (κ2) is 6.86. The summed E-state index contributed by atoms with van der Waals surface area (Å²) in [6, 6.07) is 2.10. The van der Waals surface area contributed by atoms with Crippen molar-refractivity contribution in [3.63, 3.8) is 0 Å². The molecule has 1 N–H and O–H groups in total.